The molecule has 5 amide bonds. The van der Waals surface area contributed by atoms with Crippen LogP contribution in [0.25, 0.3) is 0 Å². The Morgan fingerprint density at radius 2 is 1.67 bits per heavy atom. The molecule has 222 valence electrons. The maximum atomic E-state index is 13.7. The van der Waals surface area contributed by atoms with Gasteiger partial charge in [-0.25, -0.2) is 9.59 Å². The molecule has 1 aliphatic rings. The van der Waals surface area contributed by atoms with Crippen LogP contribution in [0.2, 0.25) is 0 Å². The van der Waals surface area contributed by atoms with E-state index in [0.717, 1.165) is 0 Å². The number of carbonyl (C=O) groups excluding carboxylic acids is 3. The van der Waals surface area contributed by atoms with Crippen LogP contribution in [0.5, 0.6) is 11.5 Å². The molecule has 1 aliphatic heterocycles. The van der Waals surface area contributed by atoms with E-state index in [2.05, 4.69) is 16.0 Å². The van der Waals surface area contributed by atoms with Gasteiger partial charge >= 0.3 is 12.1 Å². The molecule has 0 radical (unpaired) electrons. The molecular weight excluding hydrogens is 538 g/mol. The molecule has 3 aromatic rings. The number of para-hydroxylation sites is 1. The van der Waals surface area contributed by atoms with Gasteiger partial charge in [-0.1, -0.05) is 25.1 Å². The minimum atomic E-state index is -0.488. The van der Waals surface area contributed by atoms with Crippen molar-refractivity contribution in [2.24, 2.45) is 5.92 Å². The molecular formula is C31H37N5O6. The zero-order valence-corrected chi connectivity index (χ0v) is 24.2. The lowest BCUT2D eigenvalue weighted by Gasteiger charge is -2.38. The Bertz CT molecular complexity index is 1380. The van der Waals surface area contributed by atoms with Gasteiger partial charge in [0.2, 0.25) is 0 Å². The molecule has 0 spiro atoms. The van der Waals surface area contributed by atoms with Crippen LogP contribution in [-0.2, 0) is 0 Å². The second-order valence-electron chi connectivity index (χ2n) is 10.3. The molecule has 0 saturated carbocycles. The maximum Gasteiger partial charge on any atom is 0.323 e. The third-order valence-electron chi connectivity index (χ3n) is 7.10. The third kappa shape index (κ3) is 7.49. The average Bonchev–Trinajstić information content (AvgIpc) is 2.99. The minimum Gasteiger partial charge on any atom is -0.497 e. The van der Waals surface area contributed by atoms with Gasteiger partial charge in [0.15, 0.2) is 0 Å². The number of carbonyl (C=O) groups is 3. The van der Waals surface area contributed by atoms with Crippen LogP contribution in [0.3, 0.4) is 0 Å². The van der Waals surface area contributed by atoms with Crippen LogP contribution in [0, 0.1) is 5.92 Å². The third-order valence-corrected chi connectivity index (χ3v) is 7.10. The number of amides is 5. The van der Waals surface area contributed by atoms with Crippen LogP contribution < -0.4 is 25.4 Å². The molecule has 0 aliphatic carbocycles. The van der Waals surface area contributed by atoms with Gasteiger partial charge in [0.05, 0.1) is 31.9 Å². The number of anilines is 3. The van der Waals surface area contributed by atoms with E-state index in [1.165, 1.54) is 4.90 Å². The fourth-order valence-electron chi connectivity index (χ4n) is 4.58. The summed E-state index contributed by atoms with van der Waals surface area (Å²) in [4.78, 5) is 42.4. The van der Waals surface area contributed by atoms with Gasteiger partial charge < -0.3 is 40.3 Å². The average molecular weight is 576 g/mol. The van der Waals surface area contributed by atoms with Crippen molar-refractivity contribution in [3.8, 4) is 11.5 Å². The zero-order chi connectivity index (χ0) is 30.2. The van der Waals surface area contributed by atoms with Gasteiger partial charge in [-0.3, -0.25) is 4.79 Å². The molecule has 42 heavy (non-hydrogen) atoms. The van der Waals surface area contributed by atoms with Gasteiger partial charge in [-0.2, -0.15) is 0 Å². The molecule has 3 atom stereocenters. The van der Waals surface area contributed by atoms with Crippen molar-refractivity contribution >= 4 is 35.0 Å². The van der Waals surface area contributed by atoms with Crippen molar-refractivity contribution in [2.75, 3.05) is 49.8 Å². The molecule has 0 unspecified atom stereocenters. The number of nitrogens with one attached hydrogen (secondary N) is 3. The number of urea groups is 2. The topological polar surface area (TPSA) is 132 Å². The number of fused-ring (bicyclic) bond motifs is 1. The van der Waals surface area contributed by atoms with E-state index in [1.54, 1.807) is 80.6 Å². The summed E-state index contributed by atoms with van der Waals surface area (Å²) in [6.45, 7) is 4.04. The number of methoxy groups -OCH3 is 1. The Balaban J connectivity index is 1.54. The van der Waals surface area contributed by atoms with E-state index in [-0.39, 0.29) is 36.6 Å². The minimum absolute atomic E-state index is 0.170. The lowest BCUT2D eigenvalue weighted by atomic mass is 9.99. The quantitative estimate of drug-likeness (QED) is 0.307. The summed E-state index contributed by atoms with van der Waals surface area (Å²) in [6, 6.07) is 19.6. The fourth-order valence-corrected chi connectivity index (χ4v) is 4.58. The number of aliphatic hydroxyl groups excluding tert-OH is 1. The molecule has 1 heterocycles. The van der Waals surface area contributed by atoms with E-state index >= 15 is 0 Å². The van der Waals surface area contributed by atoms with Gasteiger partial charge in [-0.15, -0.1) is 0 Å². The van der Waals surface area contributed by atoms with Crippen molar-refractivity contribution in [3.63, 3.8) is 0 Å². The van der Waals surface area contributed by atoms with Crippen LogP contribution >= 0.6 is 0 Å². The first-order valence-corrected chi connectivity index (χ1v) is 13.7. The van der Waals surface area contributed by atoms with Gasteiger partial charge in [0, 0.05) is 36.6 Å². The Hall–Kier alpha value is -4.77. The monoisotopic (exact) mass is 575 g/mol. The normalized spacial score (nSPS) is 17.1. The maximum absolute atomic E-state index is 13.7. The molecule has 0 bridgehead atoms. The number of ether oxygens (including phenoxy) is 2. The lowest BCUT2D eigenvalue weighted by molar-refractivity contribution is 0.0371. The zero-order valence-electron chi connectivity index (χ0n) is 24.2. The number of aliphatic hydroxyl groups is 1. The van der Waals surface area contributed by atoms with E-state index in [1.807, 2.05) is 25.1 Å². The Labute approximate surface area is 245 Å². The molecule has 11 nitrogen and oxygen atoms in total. The first kappa shape index (κ1) is 30.2. The van der Waals surface area contributed by atoms with Crippen LogP contribution in [0.15, 0.2) is 72.8 Å². The predicted octanol–water partition coefficient (Wildman–Crippen LogP) is 4.72. The van der Waals surface area contributed by atoms with Crippen molar-refractivity contribution in [1.82, 2.24) is 9.80 Å². The molecule has 3 aromatic carbocycles. The summed E-state index contributed by atoms with van der Waals surface area (Å²) in [6.07, 6.45) is -0.464. The van der Waals surface area contributed by atoms with Crippen LogP contribution in [0.4, 0.5) is 26.7 Å². The first-order valence-electron chi connectivity index (χ1n) is 13.7. The number of benzene rings is 3. The molecule has 4 N–H and O–H groups in total. The van der Waals surface area contributed by atoms with Crippen molar-refractivity contribution < 1.29 is 29.0 Å². The number of nitrogens with zero attached hydrogens (tertiary/aromatic N) is 2. The highest BCUT2D eigenvalue weighted by molar-refractivity contribution is 6.02. The Kier molecular flexibility index (Phi) is 9.87. The Morgan fingerprint density at radius 1 is 1.02 bits per heavy atom. The largest absolute Gasteiger partial charge is 0.497 e. The first-order chi connectivity index (χ1) is 20.2. The number of hydrogen-bond donors (Lipinski definition) is 4. The standard InChI is InChI=1S/C31H37N5O6/c1-20-17-36(21(2)19-37)29(38)26-16-24(33-30(39)32-23-10-13-25(41-4)14-11-23)12-15-27(26)42-28(20)18-35(3)31(40)34-22-8-6-5-7-9-22/h5-16,20-21,28,37H,17-19H2,1-4H3,(H,34,40)(H2,32,33,39)/t20-,21-,28-/m0/s1. The fraction of sp³-hybridized carbons (Fsp3) is 0.323. The summed E-state index contributed by atoms with van der Waals surface area (Å²) in [7, 11) is 3.24. The molecule has 0 fully saturated rings. The van der Waals surface area contributed by atoms with E-state index in [9.17, 15) is 19.5 Å². The van der Waals surface area contributed by atoms with Crippen LogP contribution in [0.1, 0.15) is 24.2 Å². The summed E-state index contributed by atoms with van der Waals surface area (Å²) in [5, 5.41) is 18.3. The SMILES string of the molecule is COc1ccc(NC(=O)Nc2ccc3c(c2)C(=O)N([C@@H](C)CO)C[C@H](C)[C@H](CN(C)C(=O)Nc2ccccc2)O3)cc1. The van der Waals surface area contributed by atoms with Crippen molar-refractivity contribution in [2.45, 2.75) is 26.0 Å². The summed E-state index contributed by atoms with van der Waals surface area (Å²) in [5.74, 6) is 0.491. The number of rotatable bonds is 8. The van der Waals surface area contributed by atoms with E-state index < -0.39 is 18.2 Å². The molecule has 4 rings (SSSR count). The van der Waals surface area contributed by atoms with E-state index in [4.69, 9.17) is 9.47 Å². The lowest BCUT2D eigenvalue weighted by Crippen LogP contribution is -2.50. The van der Waals surface area contributed by atoms with Gasteiger partial charge in [0.1, 0.15) is 17.6 Å². The van der Waals surface area contributed by atoms with Crippen LogP contribution in [-0.4, -0.2) is 78.9 Å². The van der Waals surface area contributed by atoms with Crippen molar-refractivity contribution in [1.29, 1.82) is 0 Å². The smallest absolute Gasteiger partial charge is 0.323 e. The molecule has 0 aromatic heterocycles. The molecule has 11 heteroatoms. The van der Waals surface area contributed by atoms with Gasteiger partial charge in [0.25, 0.3) is 5.91 Å². The summed E-state index contributed by atoms with van der Waals surface area (Å²) in [5.41, 5.74) is 1.87. The van der Waals surface area contributed by atoms with E-state index in [0.29, 0.717) is 35.1 Å². The summed E-state index contributed by atoms with van der Waals surface area (Å²) < 4.78 is 11.5. The highest BCUT2D eigenvalue weighted by atomic mass is 16.5. The number of likely N-dealkylation sites (N-methyl/N-ethyl adjacent to an activating group) is 1. The number of hydrogen-bond acceptors (Lipinski definition) is 6. The highest BCUT2D eigenvalue weighted by Gasteiger charge is 2.34. The molecule has 0 saturated heterocycles. The highest BCUT2D eigenvalue weighted by Crippen LogP contribution is 2.31. The van der Waals surface area contributed by atoms with Crippen molar-refractivity contribution in [3.05, 3.63) is 78.4 Å². The predicted molar refractivity (Wildman–Crippen MR) is 161 cm³/mol. The second-order valence-corrected chi connectivity index (χ2v) is 10.3. The second kappa shape index (κ2) is 13.7. The summed E-state index contributed by atoms with van der Waals surface area (Å²) >= 11 is 0. The van der Waals surface area contributed by atoms with Gasteiger partial charge in [-0.05, 0) is 61.5 Å². The Morgan fingerprint density at radius 3 is 2.33 bits per heavy atom.